The van der Waals surface area contributed by atoms with Crippen LogP contribution in [0, 0.1) is 0 Å². The number of aliphatic hydroxyl groups is 1. The number of aliphatic hydroxyl groups excluding tert-OH is 1. The molecule has 0 aliphatic heterocycles. The Hall–Kier alpha value is -0.0900. The Kier molecular flexibility index (Phi) is 3.31. The van der Waals surface area contributed by atoms with Crippen molar-refractivity contribution in [3.8, 4) is 0 Å². The molecular formula is C6H14O3S. The highest BCUT2D eigenvalue weighted by atomic mass is 32.2. The van der Waals surface area contributed by atoms with Crippen molar-refractivity contribution in [2.75, 3.05) is 5.75 Å². The van der Waals surface area contributed by atoms with Gasteiger partial charge in [0, 0.05) is 5.75 Å². The normalized spacial score (nSPS) is 18.4. The van der Waals surface area contributed by atoms with Gasteiger partial charge in [-0.2, -0.15) is 0 Å². The summed E-state index contributed by atoms with van der Waals surface area (Å²) in [5.74, 6) is 0.0963. The fraction of sp³-hybridized carbons (Fsp3) is 1.00. The molecule has 0 aliphatic carbocycles. The summed E-state index contributed by atoms with van der Waals surface area (Å²) in [4.78, 5) is 0. The Balaban J connectivity index is 4.35. The van der Waals surface area contributed by atoms with Gasteiger partial charge in [-0.05, 0) is 13.8 Å². The van der Waals surface area contributed by atoms with E-state index in [0.29, 0.717) is 0 Å². The topological polar surface area (TPSA) is 54.4 Å². The van der Waals surface area contributed by atoms with Crippen LogP contribution >= 0.6 is 0 Å². The van der Waals surface area contributed by atoms with Crippen molar-refractivity contribution in [3.05, 3.63) is 0 Å². The van der Waals surface area contributed by atoms with Crippen LogP contribution in [0.25, 0.3) is 0 Å². The molecule has 0 aliphatic rings. The third kappa shape index (κ3) is 2.27. The van der Waals surface area contributed by atoms with Crippen molar-refractivity contribution in [1.82, 2.24) is 0 Å². The highest BCUT2D eigenvalue weighted by molar-refractivity contribution is 7.92. The molecule has 0 aromatic carbocycles. The van der Waals surface area contributed by atoms with E-state index in [-0.39, 0.29) is 5.75 Å². The Labute approximate surface area is 62.0 Å². The van der Waals surface area contributed by atoms with Crippen molar-refractivity contribution in [2.24, 2.45) is 0 Å². The van der Waals surface area contributed by atoms with Crippen LogP contribution in [0.5, 0.6) is 0 Å². The fourth-order valence-electron chi connectivity index (χ4n) is 0.563. The number of rotatable bonds is 3. The minimum atomic E-state index is -3.05. The molecule has 0 saturated heterocycles. The van der Waals surface area contributed by atoms with Crippen LogP contribution in [0.1, 0.15) is 20.8 Å². The molecule has 0 aromatic rings. The molecule has 0 saturated carbocycles. The van der Waals surface area contributed by atoms with E-state index in [2.05, 4.69) is 0 Å². The molecule has 0 rings (SSSR count). The molecule has 0 aromatic heterocycles. The minimum absolute atomic E-state index is 0.0963. The largest absolute Gasteiger partial charge is 0.392 e. The van der Waals surface area contributed by atoms with E-state index >= 15 is 0 Å². The van der Waals surface area contributed by atoms with E-state index in [0.717, 1.165) is 0 Å². The van der Waals surface area contributed by atoms with Crippen LogP contribution in [0.4, 0.5) is 0 Å². The van der Waals surface area contributed by atoms with Crippen molar-refractivity contribution >= 4 is 9.84 Å². The summed E-state index contributed by atoms with van der Waals surface area (Å²) < 4.78 is 22.0. The van der Waals surface area contributed by atoms with E-state index in [1.54, 1.807) is 6.92 Å². The van der Waals surface area contributed by atoms with Crippen molar-refractivity contribution in [1.29, 1.82) is 0 Å². The van der Waals surface area contributed by atoms with Gasteiger partial charge in [0.1, 0.15) is 0 Å². The molecule has 2 atom stereocenters. The van der Waals surface area contributed by atoms with Crippen molar-refractivity contribution in [2.45, 2.75) is 32.1 Å². The first-order valence-electron chi connectivity index (χ1n) is 3.31. The molecule has 10 heavy (non-hydrogen) atoms. The summed E-state index contributed by atoms with van der Waals surface area (Å²) in [6.07, 6.45) is -0.773. The molecule has 0 heterocycles. The quantitative estimate of drug-likeness (QED) is 0.651. The van der Waals surface area contributed by atoms with Gasteiger partial charge in [-0.15, -0.1) is 0 Å². The third-order valence-corrected chi connectivity index (χ3v) is 3.98. The maximum Gasteiger partial charge on any atom is 0.155 e. The maximum atomic E-state index is 11.0. The predicted octanol–water partition coefficient (Wildman–Crippen LogP) is 0.190. The zero-order chi connectivity index (χ0) is 8.36. The average molecular weight is 166 g/mol. The molecular weight excluding hydrogens is 152 g/mol. The Morgan fingerprint density at radius 2 is 1.80 bits per heavy atom. The highest BCUT2D eigenvalue weighted by Gasteiger charge is 2.22. The molecule has 0 amide bonds. The molecule has 1 N–H and O–H groups in total. The lowest BCUT2D eigenvalue weighted by atomic mass is 10.3. The van der Waals surface area contributed by atoms with E-state index in [4.69, 9.17) is 5.11 Å². The molecule has 0 spiro atoms. The standard InChI is InChI=1S/C6H14O3S/c1-4-10(8,9)6(3)5(2)7/h5-7H,4H2,1-3H3/t5-,6+/m1/s1. The number of hydrogen-bond donors (Lipinski definition) is 1. The second-order valence-corrected chi connectivity index (χ2v) is 5.04. The van der Waals surface area contributed by atoms with Gasteiger partial charge in [-0.25, -0.2) is 8.42 Å². The van der Waals surface area contributed by atoms with E-state index in [1.807, 2.05) is 0 Å². The SMILES string of the molecule is CCS(=O)(=O)[C@@H](C)[C@@H](C)O. The summed E-state index contributed by atoms with van der Waals surface area (Å²) in [6, 6.07) is 0. The van der Waals surface area contributed by atoms with Gasteiger partial charge >= 0.3 is 0 Å². The van der Waals surface area contributed by atoms with Crippen LogP contribution in [-0.2, 0) is 9.84 Å². The second kappa shape index (κ2) is 3.34. The van der Waals surface area contributed by atoms with Gasteiger partial charge in [0.15, 0.2) is 9.84 Å². The first kappa shape index (κ1) is 9.91. The fourth-order valence-corrected chi connectivity index (χ4v) is 1.69. The first-order chi connectivity index (χ1) is 4.41. The van der Waals surface area contributed by atoms with Gasteiger partial charge in [0.25, 0.3) is 0 Å². The monoisotopic (exact) mass is 166 g/mol. The van der Waals surface area contributed by atoms with Gasteiger partial charge in [0.2, 0.25) is 0 Å². The van der Waals surface area contributed by atoms with Gasteiger partial charge < -0.3 is 5.11 Å². The Morgan fingerprint density at radius 1 is 1.40 bits per heavy atom. The van der Waals surface area contributed by atoms with Gasteiger partial charge in [-0.3, -0.25) is 0 Å². The predicted molar refractivity (Wildman–Crippen MR) is 40.6 cm³/mol. The smallest absolute Gasteiger partial charge is 0.155 e. The second-order valence-electron chi connectivity index (χ2n) is 2.40. The summed E-state index contributed by atoms with van der Waals surface area (Å²) in [5, 5.41) is 8.27. The van der Waals surface area contributed by atoms with E-state index in [9.17, 15) is 8.42 Å². The molecule has 0 unspecified atom stereocenters. The van der Waals surface area contributed by atoms with Crippen molar-refractivity contribution < 1.29 is 13.5 Å². The summed E-state index contributed by atoms with van der Waals surface area (Å²) in [7, 11) is -3.05. The minimum Gasteiger partial charge on any atom is -0.392 e. The van der Waals surface area contributed by atoms with Crippen LogP contribution in [0.2, 0.25) is 0 Å². The number of sulfone groups is 1. The molecule has 0 fully saturated rings. The first-order valence-corrected chi connectivity index (χ1v) is 5.03. The van der Waals surface area contributed by atoms with Crippen LogP contribution in [-0.4, -0.2) is 30.6 Å². The molecule has 0 bridgehead atoms. The van der Waals surface area contributed by atoms with E-state index in [1.165, 1.54) is 13.8 Å². The summed E-state index contributed by atoms with van der Waals surface area (Å²) in [6.45, 7) is 4.58. The van der Waals surface area contributed by atoms with Crippen LogP contribution in [0.3, 0.4) is 0 Å². The Morgan fingerprint density at radius 3 is 1.90 bits per heavy atom. The van der Waals surface area contributed by atoms with Gasteiger partial charge in [-0.1, -0.05) is 6.92 Å². The Bertz CT molecular complexity index is 181. The van der Waals surface area contributed by atoms with Crippen LogP contribution < -0.4 is 0 Å². The number of hydrogen-bond acceptors (Lipinski definition) is 3. The highest BCUT2D eigenvalue weighted by Crippen LogP contribution is 2.05. The third-order valence-electron chi connectivity index (χ3n) is 1.65. The molecule has 62 valence electrons. The lowest BCUT2D eigenvalue weighted by Gasteiger charge is -2.13. The lowest BCUT2D eigenvalue weighted by Crippen LogP contribution is -2.30. The molecule has 3 nitrogen and oxygen atoms in total. The maximum absolute atomic E-state index is 11.0. The zero-order valence-corrected chi connectivity index (χ0v) is 7.35. The van der Waals surface area contributed by atoms with Gasteiger partial charge in [0.05, 0.1) is 11.4 Å². The lowest BCUT2D eigenvalue weighted by molar-refractivity contribution is 0.193. The average Bonchev–Trinajstić information content (AvgIpc) is 1.86. The zero-order valence-electron chi connectivity index (χ0n) is 6.53. The summed E-state index contributed by atoms with van der Waals surface area (Å²) >= 11 is 0. The van der Waals surface area contributed by atoms with E-state index < -0.39 is 21.2 Å². The summed E-state index contributed by atoms with van der Waals surface area (Å²) in [5.41, 5.74) is 0. The molecule has 0 radical (unpaired) electrons. The van der Waals surface area contributed by atoms with Crippen LogP contribution in [0.15, 0.2) is 0 Å². The molecule has 4 heteroatoms. The van der Waals surface area contributed by atoms with Crippen molar-refractivity contribution in [3.63, 3.8) is 0 Å².